The monoisotopic (exact) mass is 689 g/mol. The molecule has 48 heavy (non-hydrogen) atoms. The predicted molar refractivity (Wildman–Crippen MR) is 179 cm³/mol. The second kappa shape index (κ2) is 13.7. The number of sulfonamides is 1. The number of benzene rings is 3. The Bertz CT molecular complexity index is 2250. The van der Waals surface area contributed by atoms with E-state index in [1.165, 1.54) is 6.07 Å². The number of rotatable bonds is 11. The molecule has 0 fully saturated rings. The van der Waals surface area contributed by atoms with Gasteiger partial charge in [-0.3, -0.25) is 4.79 Å². The molecule has 0 aliphatic rings. The molecule has 0 saturated carbocycles. The van der Waals surface area contributed by atoms with Crippen molar-refractivity contribution in [3.8, 4) is 28.3 Å². The summed E-state index contributed by atoms with van der Waals surface area (Å²) in [6.45, 7) is 0.181. The summed E-state index contributed by atoms with van der Waals surface area (Å²) >= 11 is 6.41. The van der Waals surface area contributed by atoms with E-state index < -0.39 is 33.1 Å². The Morgan fingerprint density at radius 2 is 1.75 bits per heavy atom. The summed E-state index contributed by atoms with van der Waals surface area (Å²) in [7, 11) is -3.33. The van der Waals surface area contributed by atoms with Gasteiger partial charge in [-0.25, -0.2) is 36.4 Å². The van der Waals surface area contributed by atoms with Crippen LogP contribution in [0.4, 0.5) is 26.1 Å². The molecule has 0 radical (unpaired) electrons. The van der Waals surface area contributed by atoms with Crippen LogP contribution in [0, 0.1) is 11.6 Å². The lowest BCUT2D eigenvalue weighted by Gasteiger charge is -2.11. The van der Waals surface area contributed by atoms with E-state index in [2.05, 4.69) is 20.3 Å². The Kier molecular flexibility index (Phi) is 9.30. The predicted octanol–water partition coefficient (Wildman–Crippen LogP) is 6.31. The third-order valence-corrected chi connectivity index (χ3v) is 7.97. The van der Waals surface area contributed by atoms with Gasteiger partial charge in [-0.05, 0) is 60.7 Å². The van der Waals surface area contributed by atoms with Crippen LogP contribution in [-0.2, 0) is 10.0 Å². The van der Waals surface area contributed by atoms with Crippen LogP contribution in [0.3, 0.4) is 0 Å². The van der Waals surface area contributed by atoms with Gasteiger partial charge in [-0.15, -0.1) is 0 Å². The van der Waals surface area contributed by atoms with E-state index in [1.54, 1.807) is 65.4 Å². The molecule has 0 spiro atoms. The van der Waals surface area contributed by atoms with Crippen molar-refractivity contribution in [3.63, 3.8) is 0 Å². The van der Waals surface area contributed by atoms with E-state index in [4.69, 9.17) is 26.4 Å². The average Bonchev–Trinajstić information content (AvgIpc) is 3.44. The molecule has 6 rings (SSSR count). The van der Waals surface area contributed by atoms with Crippen LogP contribution < -0.4 is 20.1 Å². The van der Waals surface area contributed by atoms with Crippen LogP contribution in [0.25, 0.3) is 28.0 Å². The second-order valence-corrected chi connectivity index (χ2v) is 12.7. The van der Waals surface area contributed by atoms with Gasteiger partial charge >= 0.3 is 0 Å². The number of ether oxygens (including phenoxy) is 1. The van der Waals surface area contributed by atoms with Crippen molar-refractivity contribution < 1.29 is 26.7 Å². The quantitative estimate of drug-likeness (QED) is 0.135. The first-order valence-electron chi connectivity index (χ1n) is 14.4. The fourth-order valence-electron chi connectivity index (χ4n) is 4.88. The smallest absolute Gasteiger partial charge is 0.261 e. The molecule has 1 amide bonds. The number of carbonyl (C=O) groups excluding carboxylic acids is 1. The number of aromatic nitrogens is 4. The molecule has 0 bridgehead atoms. The molecule has 0 unspecified atom stereocenters. The van der Waals surface area contributed by atoms with Gasteiger partial charge in [0, 0.05) is 35.9 Å². The summed E-state index contributed by atoms with van der Waals surface area (Å²) in [6, 6.07) is 22.3. The zero-order valence-corrected chi connectivity index (χ0v) is 26.7. The zero-order valence-electron chi connectivity index (χ0n) is 25.1. The first kappa shape index (κ1) is 32.5. The highest BCUT2D eigenvalue weighted by Gasteiger charge is 2.20. The Balaban J connectivity index is 1.27. The van der Waals surface area contributed by atoms with E-state index in [0.29, 0.717) is 44.7 Å². The Hall–Kier alpha value is -5.44. The Labute approximate surface area is 278 Å². The summed E-state index contributed by atoms with van der Waals surface area (Å²) in [5, 5.41) is 10.8. The summed E-state index contributed by atoms with van der Waals surface area (Å²) in [4.78, 5) is 21.9. The van der Waals surface area contributed by atoms with E-state index in [9.17, 15) is 22.0 Å². The van der Waals surface area contributed by atoms with Gasteiger partial charge in [0.25, 0.3) is 5.91 Å². The van der Waals surface area contributed by atoms with Crippen molar-refractivity contribution in [1.29, 1.82) is 0 Å². The highest BCUT2D eigenvalue weighted by molar-refractivity contribution is 7.88. The minimum Gasteiger partial charge on any atom is -0.491 e. The molecular weight excluding hydrogens is 664 g/mol. The summed E-state index contributed by atoms with van der Waals surface area (Å²) < 4.78 is 60.6. The van der Waals surface area contributed by atoms with Crippen molar-refractivity contribution in [3.05, 3.63) is 120 Å². The number of carbonyl (C=O) groups is 1. The van der Waals surface area contributed by atoms with E-state index in [1.807, 2.05) is 18.2 Å². The molecule has 11 nitrogen and oxygen atoms in total. The first-order chi connectivity index (χ1) is 23.1. The van der Waals surface area contributed by atoms with Crippen molar-refractivity contribution in [1.82, 2.24) is 24.3 Å². The van der Waals surface area contributed by atoms with Crippen LogP contribution in [0.5, 0.6) is 5.75 Å². The van der Waals surface area contributed by atoms with Crippen molar-refractivity contribution in [2.24, 2.45) is 0 Å². The number of fused-ring (bicyclic) bond motifs is 1. The summed E-state index contributed by atoms with van der Waals surface area (Å²) in [5.74, 6) is -2.21. The molecule has 3 aromatic carbocycles. The van der Waals surface area contributed by atoms with Crippen LogP contribution >= 0.6 is 11.6 Å². The number of nitrogens with one attached hydrogen (secondary N) is 3. The van der Waals surface area contributed by atoms with Gasteiger partial charge in [-0.2, -0.15) is 5.10 Å². The Morgan fingerprint density at radius 3 is 2.52 bits per heavy atom. The third kappa shape index (κ3) is 7.41. The largest absolute Gasteiger partial charge is 0.491 e. The normalized spacial score (nSPS) is 11.4. The summed E-state index contributed by atoms with van der Waals surface area (Å²) in [5.41, 5.74) is 3.32. The minimum absolute atomic E-state index is 0.0894. The molecule has 3 N–H and O–H groups in total. The van der Waals surface area contributed by atoms with Gasteiger partial charge < -0.3 is 15.4 Å². The standard InChI is InChI=1S/C33H26ClF2N7O4S/c1-48(45,46)38-15-17-47-28-12-11-22(19-23(28)34)40-33-37-14-13-26(41-33)30-27-10-2-3-16-43(27)42-31(30)20-6-4-7-21(18-20)39-32(44)29-24(35)8-5-9-25(29)36/h2-14,16,18-19,38H,15,17H2,1H3,(H,39,44)(H,37,40,41). The minimum atomic E-state index is -3.33. The van der Waals surface area contributed by atoms with E-state index in [-0.39, 0.29) is 19.1 Å². The number of hydrogen-bond acceptors (Lipinski definition) is 8. The molecule has 0 atom stereocenters. The molecule has 6 aromatic rings. The first-order valence-corrected chi connectivity index (χ1v) is 16.6. The van der Waals surface area contributed by atoms with Gasteiger partial charge in [0.1, 0.15) is 35.2 Å². The zero-order chi connectivity index (χ0) is 33.8. The number of nitrogens with zero attached hydrogens (tertiary/aromatic N) is 4. The molecule has 15 heteroatoms. The highest BCUT2D eigenvalue weighted by Crippen LogP contribution is 2.36. The van der Waals surface area contributed by atoms with Crippen LogP contribution in [-0.4, -0.2) is 53.3 Å². The maximum absolute atomic E-state index is 14.2. The van der Waals surface area contributed by atoms with Gasteiger partial charge in [0.05, 0.1) is 28.1 Å². The Morgan fingerprint density at radius 1 is 0.958 bits per heavy atom. The molecule has 0 aliphatic heterocycles. The molecule has 0 saturated heterocycles. The lowest BCUT2D eigenvalue weighted by atomic mass is 10.0. The number of halogens is 3. The molecule has 244 valence electrons. The van der Waals surface area contributed by atoms with Gasteiger partial charge in [-0.1, -0.05) is 35.9 Å². The lowest BCUT2D eigenvalue weighted by molar-refractivity contribution is 0.101. The van der Waals surface area contributed by atoms with Crippen molar-refractivity contribution >= 4 is 50.4 Å². The summed E-state index contributed by atoms with van der Waals surface area (Å²) in [6.07, 6.45) is 4.45. The van der Waals surface area contributed by atoms with Crippen molar-refractivity contribution in [2.75, 3.05) is 30.0 Å². The van der Waals surface area contributed by atoms with Crippen LogP contribution in [0.15, 0.2) is 97.3 Å². The third-order valence-electron chi connectivity index (χ3n) is 6.95. The maximum Gasteiger partial charge on any atom is 0.261 e. The average molecular weight is 690 g/mol. The maximum atomic E-state index is 14.2. The fourth-order valence-corrected chi connectivity index (χ4v) is 5.57. The fraction of sp³-hybridized carbons (Fsp3) is 0.0909. The van der Waals surface area contributed by atoms with Crippen molar-refractivity contribution in [2.45, 2.75) is 0 Å². The number of amides is 1. The topological polar surface area (TPSA) is 140 Å². The lowest BCUT2D eigenvalue weighted by Crippen LogP contribution is -2.26. The molecule has 3 aromatic heterocycles. The SMILES string of the molecule is CS(=O)(=O)NCCOc1ccc(Nc2nccc(-c3c(-c4cccc(NC(=O)c5c(F)cccc5F)c4)nn4ccccc34)n2)cc1Cl. The van der Waals surface area contributed by atoms with Gasteiger partial charge in [0.2, 0.25) is 16.0 Å². The molecular formula is C33H26ClF2N7O4S. The van der Waals surface area contributed by atoms with Crippen LogP contribution in [0.2, 0.25) is 5.02 Å². The highest BCUT2D eigenvalue weighted by atomic mass is 35.5. The number of anilines is 3. The van der Waals surface area contributed by atoms with E-state index in [0.717, 1.165) is 23.9 Å². The van der Waals surface area contributed by atoms with Gasteiger partial charge in [0.15, 0.2) is 0 Å². The number of hydrogen-bond donors (Lipinski definition) is 3. The van der Waals surface area contributed by atoms with E-state index >= 15 is 0 Å². The second-order valence-electron chi connectivity index (χ2n) is 10.4. The number of pyridine rings is 1. The molecule has 3 heterocycles. The molecule has 0 aliphatic carbocycles. The van der Waals surface area contributed by atoms with Crippen LogP contribution in [0.1, 0.15) is 10.4 Å².